The summed E-state index contributed by atoms with van der Waals surface area (Å²) in [7, 11) is 0. The van der Waals surface area contributed by atoms with E-state index in [0.717, 1.165) is 5.56 Å². The average molecular weight is 267 g/mol. The summed E-state index contributed by atoms with van der Waals surface area (Å²) in [5.74, 6) is 0.644. The SMILES string of the molecule is Cc1c(-c2cccc(C#N)c2)nc(C(C)(C)C)[nH]c1=O. The third-order valence-electron chi connectivity index (χ3n) is 3.13. The van der Waals surface area contributed by atoms with E-state index in [9.17, 15) is 4.79 Å². The van der Waals surface area contributed by atoms with Gasteiger partial charge in [0.05, 0.1) is 17.3 Å². The molecule has 0 aliphatic rings. The van der Waals surface area contributed by atoms with Gasteiger partial charge in [-0.2, -0.15) is 5.26 Å². The van der Waals surface area contributed by atoms with Crippen LogP contribution in [0.1, 0.15) is 37.7 Å². The van der Waals surface area contributed by atoms with Crippen molar-refractivity contribution in [2.24, 2.45) is 0 Å². The van der Waals surface area contributed by atoms with E-state index in [2.05, 4.69) is 16.0 Å². The van der Waals surface area contributed by atoms with Crippen LogP contribution in [0.25, 0.3) is 11.3 Å². The van der Waals surface area contributed by atoms with E-state index in [4.69, 9.17) is 5.26 Å². The van der Waals surface area contributed by atoms with Crippen molar-refractivity contribution in [1.29, 1.82) is 5.26 Å². The van der Waals surface area contributed by atoms with E-state index in [1.165, 1.54) is 0 Å². The first-order chi connectivity index (χ1) is 9.32. The molecule has 0 bridgehead atoms. The van der Waals surface area contributed by atoms with Gasteiger partial charge in [0.1, 0.15) is 5.82 Å². The first-order valence-electron chi connectivity index (χ1n) is 6.45. The zero-order valence-electron chi connectivity index (χ0n) is 12.1. The lowest BCUT2D eigenvalue weighted by Gasteiger charge is -2.18. The van der Waals surface area contributed by atoms with Gasteiger partial charge in [-0.15, -0.1) is 0 Å². The first-order valence-corrected chi connectivity index (χ1v) is 6.45. The van der Waals surface area contributed by atoms with Crippen LogP contribution in [0.4, 0.5) is 0 Å². The topological polar surface area (TPSA) is 69.5 Å². The number of rotatable bonds is 1. The molecule has 4 nitrogen and oxygen atoms in total. The lowest BCUT2D eigenvalue weighted by molar-refractivity contribution is 0.542. The van der Waals surface area contributed by atoms with Crippen molar-refractivity contribution in [3.63, 3.8) is 0 Å². The van der Waals surface area contributed by atoms with Gasteiger partial charge < -0.3 is 4.98 Å². The Kier molecular flexibility index (Phi) is 3.46. The predicted octanol–water partition coefficient (Wildman–Crippen LogP) is 2.91. The highest BCUT2D eigenvalue weighted by Gasteiger charge is 2.19. The zero-order chi connectivity index (χ0) is 14.9. The second-order valence-electron chi connectivity index (χ2n) is 5.83. The molecule has 1 aromatic heterocycles. The van der Waals surface area contributed by atoms with Crippen LogP contribution < -0.4 is 5.56 Å². The standard InChI is InChI=1S/C16H17N3O/c1-10-13(12-7-5-6-11(8-12)9-17)18-15(16(2,3)4)19-14(10)20/h5-8H,1-4H3,(H,18,19,20). The van der Waals surface area contributed by atoms with Crippen molar-refractivity contribution >= 4 is 0 Å². The van der Waals surface area contributed by atoms with Gasteiger partial charge in [0.15, 0.2) is 0 Å². The summed E-state index contributed by atoms with van der Waals surface area (Å²) < 4.78 is 0. The third kappa shape index (κ3) is 2.62. The normalized spacial score (nSPS) is 11.2. The fourth-order valence-corrected chi connectivity index (χ4v) is 1.90. The van der Waals surface area contributed by atoms with Gasteiger partial charge in [-0.1, -0.05) is 32.9 Å². The van der Waals surface area contributed by atoms with Gasteiger partial charge in [0, 0.05) is 16.5 Å². The molecular formula is C16H17N3O. The molecular weight excluding hydrogens is 250 g/mol. The molecule has 4 heteroatoms. The molecule has 0 radical (unpaired) electrons. The Morgan fingerprint density at radius 3 is 2.60 bits per heavy atom. The minimum Gasteiger partial charge on any atom is -0.310 e. The molecule has 0 fully saturated rings. The predicted molar refractivity (Wildman–Crippen MR) is 78.4 cm³/mol. The Balaban J connectivity index is 2.70. The summed E-state index contributed by atoms with van der Waals surface area (Å²) >= 11 is 0. The van der Waals surface area contributed by atoms with E-state index < -0.39 is 0 Å². The van der Waals surface area contributed by atoms with E-state index in [-0.39, 0.29) is 11.0 Å². The highest BCUT2D eigenvalue weighted by atomic mass is 16.1. The van der Waals surface area contributed by atoms with Gasteiger partial charge in [-0.3, -0.25) is 4.79 Å². The summed E-state index contributed by atoms with van der Waals surface area (Å²) in [5.41, 5.74) is 2.17. The molecule has 1 aromatic carbocycles. The minimum atomic E-state index is -0.242. The van der Waals surface area contributed by atoms with Crippen LogP contribution in [0.3, 0.4) is 0 Å². The van der Waals surface area contributed by atoms with Crippen molar-refractivity contribution < 1.29 is 0 Å². The fraction of sp³-hybridized carbons (Fsp3) is 0.312. The van der Waals surface area contributed by atoms with Crippen LogP contribution >= 0.6 is 0 Å². The van der Waals surface area contributed by atoms with Crippen LogP contribution in [0.5, 0.6) is 0 Å². The Labute approximate surface area is 118 Å². The summed E-state index contributed by atoms with van der Waals surface area (Å²) in [6, 6.07) is 9.25. The molecule has 0 amide bonds. The number of hydrogen-bond acceptors (Lipinski definition) is 3. The number of nitrogens with one attached hydrogen (secondary N) is 1. The molecule has 102 valence electrons. The van der Waals surface area contributed by atoms with Crippen LogP contribution in [0.15, 0.2) is 29.1 Å². The summed E-state index contributed by atoms with van der Waals surface area (Å²) in [4.78, 5) is 19.5. The average Bonchev–Trinajstić information content (AvgIpc) is 2.40. The monoisotopic (exact) mass is 267 g/mol. The van der Waals surface area contributed by atoms with Crippen molar-refractivity contribution in [3.05, 3.63) is 51.6 Å². The third-order valence-corrected chi connectivity index (χ3v) is 3.13. The van der Waals surface area contributed by atoms with Crippen molar-refractivity contribution in [1.82, 2.24) is 9.97 Å². The molecule has 20 heavy (non-hydrogen) atoms. The van der Waals surface area contributed by atoms with Crippen LogP contribution in [-0.4, -0.2) is 9.97 Å². The highest BCUT2D eigenvalue weighted by molar-refractivity contribution is 5.64. The van der Waals surface area contributed by atoms with Gasteiger partial charge >= 0.3 is 0 Å². The molecule has 0 aliphatic heterocycles. The molecule has 1 N–H and O–H groups in total. The molecule has 0 unspecified atom stereocenters. The van der Waals surface area contributed by atoms with Crippen LogP contribution in [-0.2, 0) is 5.41 Å². The number of nitriles is 1. The number of benzene rings is 1. The fourth-order valence-electron chi connectivity index (χ4n) is 1.90. The first kappa shape index (κ1) is 14.0. The Morgan fingerprint density at radius 2 is 2.00 bits per heavy atom. The highest BCUT2D eigenvalue weighted by Crippen LogP contribution is 2.23. The lowest BCUT2D eigenvalue weighted by Crippen LogP contribution is -2.24. The summed E-state index contributed by atoms with van der Waals surface area (Å²) in [5, 5.41) is 8.98. The quantitative estimate of drug-likeness (QED) is 0.863. The van der Waals surface area contributed by atoms with E-state index in [1.807, 2.05) is 26.8 Å². The van der Waals surface area contributed by atoms with Crippen molar-refractivity contribution in [2.75, 3.05) is 0 Å². The van der Waals surface area contributed by atoms with E-state index in [1.54, 1.807) is 25.1 Å². The van der Waals surface area contributed by atoms with Crippen molar-refractivity contribution in [3.8, 4) is 17.3 Å². The van der Waals surface area contributed by atoms with Gasteiger partial charge in [-0.25, -0.2) is 4.98 Å². The minimum absolute atomic E-state index is 0.137. The van der Waals surface area contributed by atoms with E-state index in [0.29, 0.717) is 22.6 Å². The second kappa shape index (κ2) is 4.93. The number of hydrogen-bond donors (Lipinski definition) is 1. The van der Waals surface area contributed by atoms with Gasteiger partial charge in [-0.05, 0) is 19.1 Å². The number of aromatic amines is 1. The molecule has 0 saturated heterocycles. The second-order valence-corrected chi connectivity index (χ2v) is 5.83. The number of nitrogens with zero attached hydrogens (tertiary/aromatic N) is 2. The number of H-pyrrole nitrogens is 1. The number of aromatic nitrogens is 2. The summed E-state index contributed by atoms with van der Waals surface area (Å²) in [6.07, 6.45) is 0. The Morgan fingerprint density at radius 1 is 1.30 bits per heavy atom. The maximum Gasteiger partial charge on any atom is 0.254 e. The maximum atomic E-state index is 12.1. The van der Waals surface area contributed by atoms with Gasteiger partial charge in [0.25, 0.3) is 5.56 Å². The lowest BCUT2D eigenvalue weighted by atomic mass is 9.95. The molecule has 0 spiro atoms. The largest absolute Gasteiger partial charge is 0.310 e. The van der Waals surface area contributed by atoms with Gasteiger partial charge in [0.2, 0.25) is 0 Å². The molecule has 0 saturated carbocycles. The molecule has 2 aromatic rings. The smallest absolute Gasteiger partial charge is 0.254 e. The Bertz CT molecular complexity index is 746. The zero-order valence-corrected chi connectivity index (χ0v) is 12.1. The maximum absolute atomic E-state index is 12.1. The van der Waals surface area contributed by atoms with Crippen LogP contribution in [0.2, 0.25) is 0 Å². The van der Waals surface area contributed by atoms with E-state index >= 15 is 0 Å². The van der Waals surface area contributed by atoms with Crippen LogP contribution in [0, 0.1) is 18.3 Å². The molecule has 0 atom stereocenters. The van der Waals surface area contributed by atoms with Crippen molar-refractivity contribution in [2.45, 2.75) is 33.1 Å². The molecule has 0 aliphatic carbocycles. The summed E-state index contributed by atoms with van der Waals surface area (Å²) in [6.45, 7) is 7.73. The molecule has 2 rings (SSSR count). The molecule has 1 heterocycles. The Hall–Kier alpha value is -2.41.